The minimum absolute atomic E-state index is 0.207. The van der Waals surface area contributed by atoms with Crippen LogP contribution in [0, 0.1) is 0 Å². The molecule has 0 saturated heterocycles. The van der Waals surface area contributed by atoms with Crippen LogP contribution in [0.3, 0.4) is 0 Å². The monoisotopic (exact) mass is 326 g/mol. The highest BCUT2D eigenvalue weighted by atomic mass is 32.1. The summed E-state index contributed by atoms with van der Waals surface area (Å²) in [6, 6.07) is 9.57. The maximum absolute atomic E-state index is 12.3. The minimum Gasteiger partial charge on any atom is -0.321 e. The van der Waals surface area contributed by atoms with Gasteiger partial charge in [-0.2, -0.15) is 5.10 Å². The van der Waals surface area contributed by atoms with Crippen molar-refractivity contribution in [3.63, 3.8) is 0 Å². The fraction of sp³-hybridized carbons (Fsp3) is 0. The Hall–Kier alpha value is -2.51. The fourth-order valence-electron chi connectivity index (χ4n) is 2.11. The van der Waals surface area contributed by atoms with Crippen molar-refractivity contribution in [1.29, 1.82) is 0 Å². The second-order valence-electron chi connectivity index (χ2n) is 4.64. The van der Waals surface area contributed by atoms with E-state index in [0.29, 0.717) is 5.69 Å². The average molecular weight is 326 g/mol. The van der Waals surface area contributed by atoms with Crippen molar-refractivity contribution in [2.24, 2.45) is 0 Å². The molecule has 108 valence electrons. The summed E-state index contributed by atoms with van der Waals surface area (Å²) in [5.74, 6) is -0.207. The molecule has 0 radical (unpaired) electrons. The molecule has 0 atom stereocenters. The van der Waals surface area contributed by atoms with Crippen LogP contribution in [-0.2, 0) is 0 Å². The molecule has 22 heavy (non-hydrogen) atoms. The fourth-order valence-corrected chi connectivity index (χ4v) is 3.72. The van der Waals surface area contributed by atoms with Gasteiger partial charge in [0, 0.05) is 16.5 Å². The van der Waals surface area contributed by atoms with Gasteiger partial charge < -0.3 is 5.32 Å². The highest BCUT2D eigenvalue weighted by Gasteiger charge is 2.13. The molecule has 0 bridgehead atoms. The number of anilines is 1. The predicted octanol–water partition coefficient (Wildman–Crippen LogP) is 4.00. The quantitative estimate of drug-likeness (QED) is 0.598. The third kappa shape index (κ3) is 2.40. The summed E-state index contributed by atoms with van der Waals surface area (Å²) in [5, 5.41) is 15.3. The first-order chi connectivity index (χ1) is 10.8. The van der Waals surface area contributed by atoms with E-state index in [0.717, 1.165) is 26.5 Å². The summed E-state index contributed by atoms with van der Waals surface area (Å²) in [7, 11) is 0. The lowest BCUT2D eigenvalue weighted by molar-refractivity contribution is 0.102. The third-order valence-corrected chi connectivity index (χ3v) is 5.05. The topological polar surface area (TPSA) is 70.7 Å². The summed E-state index contributed by atoms with van der Waals surface area (Å²) in [5.41, 5.74) is 2.09. The number of carbonyl (C=O) groups is 1. The molecule has 3 aromatic heterocycles. The molecule has 4 aromatic rings. The molecule has 0 aliphatic heterocycles. The molecule has 1 amide bonds. The van der Waals surface area contributed by atoms with Crippen LogP contribution in [0.25, 0.3) is 20.8 Å². The second-order valence-corrected chi connectivity index (χ2v) is 6.45. The number of rotatable bonds is 3. The van der Waals surface area contributed by atoms with Gasteiger partial charge in [-0.05, 0) is 29.6 Å². The van der Waals surface area contributed by atoms with Crippen molar-refractivity contribution >= 4 is 45.2 Å². The number of hydrogen-bond acceptors (Lipinski definition) is 5. The number of thiophene rings is 1. The number of H-pyrrole nitrogens is 1. The summed E-state index contributed by atoms with van der Waals surface area (Å²) in [6.45, 7) is 0. The molecule has 0 spiro atoms. The van der Waals surface area contributed by atoms with Crippen LogP contribution in [0.2, 0.25) is 0 Å². The Morgan fingerprint density at radius 3 is 3.05 bits per heavy atom. The van der Waals surface area contributed by atoms with Crippen LogP contribution >= 0.6 is 22.7 Å². The molecule has 0 aliphatic rings. The summed E-state index contributed by atoms with van der Waals surface area (Å²) in [4.78, 5) is 17.8. The number of thiazole rings is 1. The molecule has 0 saturated carbocycles. The van der Waals surface area contributed by atoms with Gasteiger partial charge in [-0.25, -0.2) is 4.98 Å². The Labute approximate surface area is 133 Å². The highest BCUT2D eigenvalue weighted by molar-refractivity contribution is 7.20. The van der Waals surface area contributed by atoms with Crippen LogP contribution in [0.15, 0.2) is 47.3 Å². The van der Waals surface area contributed by atoms with Crippen LogP contribution in [0.1, 0.15) is 10.5 Å². The summed E-state index contributed by atoms with van der Waals surface area (Å²) >= 11 is 3.09. The van der Waals surface area contributed by atoms with E-state index in [9.17, 15) is 4.79 Å². The van der Waals surface area contributed by atoms with Gasteiger partial charge in [-0.15, -0.1) is 22.7 Å². The first-order valence-electron chi connectivity index (χ1n) is 6.53. The Morgan fingerprint density at radius 1 is 1.23 bits per heavy atom. The molecule has 0 unspecified atom stereocenters. The molecule has 0 aliphatic carbocycles. The predicted molar refractivity (Wildman–Crippen MR) is 89.5 cm³/mol. The van der Waals surface area contributed by atoms with Crippen molar-refractivity contribution < 1.29 is 4.79 Å². The molecule has 4 rings (SSSR count). The summed E-state index contributed by atoms with van der Waals surface area (Å²) in [6.07, 6.45) is 1.72. The molecular weight excluding hydrogens is 316 g/mol. The zero-order chi connectivity index (χ0) is 14.9. The van der Waals surface area contributed by atoms with E-state index in [2.05, 4.69) is 20.5 Å². The molecule has 7 heteroatoms. The lowest BCUT2D eigenvalue weighted by Gasteiger charge is -2.02. The van der Waals surface area contributed by atoms with E-state index < -0.39 is 0 Å². The first kappa shape index (κ1) is 13.2. The number of aromatic nitrogens is 3. The Balaban J connectivity index is 1.56. The number of nitrogens with zero attached hydrogens (tertiary/aromatic N) is 2. The molecule has 2 N–H and O–H groups in total. The van der Waals surface area contributed by atoms with E-state index in [-0.39, 0.29) is 5.91 Å². The van der Waals surface area contributed by atoms with Crippen molar-refractivity contribution in [1.82, 2.24) is 15.2 Å². The number of fused-ring (bicyclic) bond motifs is 1. The Kier molecular flexibility index (Phi) is 3.21. The van der Waals surface area contributed by atoms with Crippen LogP contribution in [0.5, 0.6) is 0 Å². The molecule has 1 aromatic carbocycles. The number of benzene rings is 1. The molecule has 0 fully saturated rings. The number of carbonyl (C=O) groups excluding carboxylic acids is 1. The maximum atomic E-state index is 12.3. The Bertz CT molecular complexity index is 939. The lowest BCUT2D eigenvalue weighted by Crippen LogP contribution is -2.12. The smallest absolute Gasteiger partial charge is 0.275 e. The van der Waals surface area contributed by atoms with E-state index in [1.165, 1.54) is 11.3 Å². The van der Waals surface area contributed by atoms with Crippen molar-refractivity contribution in [3.8, 4) is 9.88 Å². The average Bonchev–Trinajstić information content (AvgIpc) is 3.26. The third-order valence-electron chi connectivity index (χ3n) is 3.17. The molecule has 5 nitrogen and oxygen atoms in total. The lowest BCUT2D eigenvalue weighted by atomic mass is 10.2. The molecular formula is C15H10N4OS2. The zero-order valence-electron chi connectivity index (χ0n) is 11.2. The van der Waals surface area contributed by atoms with Gasteiger partial charge in [0.15, 0.2) is 0 Å². The zero-order valence-corrected chi connectivity index (χ0v) is 12.9. The summed E-state index contributed by atoms with van der Waals surface area (Å²) < 4.78 is 0. The standard InChI is InChI=1S/C15H10N4OS2/c20-14(12-8-22-15(18-12)13-2-1-5-21-13)17-10-3-4-11-9(6-10)7-16-19-11/h1-8H,(H,16,19)(H,17,20). The van der Waals surface area contributed by atoms with Crippen LogP contribution < -0.4 is 5.32 Å². The van der Waals surface area contributed by atoms with Gasteiger partial charge in [-0.3, -0.25) is 9.89 Å². The Morgan fingerprint density at radius 2 is 2.18 bits per heavy atom. The SMILES string of the molecule is O=C(Nc1ccc2[nH]ncc2c1)c1csc(-c2cccs2)n1. The molecule has 3 heterocycles. The highest BCUT2D eigenvalue weighted by Crippen LogP contribution is 2.28. The van der Waals surface area contributed by atoms with Gasteiger partial charge in [0.05, 0.1) is 16.6 Å². The van der Waals surface area contributed by atoms with Gasteiger partial charge in [0.25, 0.3) is 5.91 Å². The van der Waals surface area contributed by atoms with Gasteiger partial charge in [0.2, 0.25) is 0 Å². The van der Waals surface area contributed by atoms with E-state index in [4.69, 9.17) is 0 Å². The number of aromatic amines is 1. The van der Waals surface area contributed by atoms with Gasteiger partial charge in [-0.1, -0.05) is 6.07 Å². The van der Waals surface area contributed by atoms with Crippen molar-refractivity contribution in [3.05, 3.63) is 53.0 Å². The van der Waals surface area contributed by atoms with Crippen LogP contribution in [-0.4, -0.2) is 21.1 Å². The van der Waals surface area contributed by atoms with E-state index >= 15 is 0 Å². The van der Waals surface area contributed by atoms with E-state index in [1.807, 2.05) is 35.7 Å². The van der Waals surface area contributed by atoms with Crippen molar-refractivity contribution in [2.45, 2.75) is 0 Å². The van der Waals surface area contributed by atoms with Gasteiger partial charge in [0.1, 0.15) is 10.7 Å². The maximum Gasteiger partial charge on any atom is 0.275 e. The van der Waals surface area contributed by atoms with Crippen molar-refractivity contribution in [2.75, 3.05) is 5.32 Å². The minimum atomic E-state index is -0.207. The van der Waals surface area contributed by atoms with Crippen LogP contribution in [0.4, 0.5) is 5.69 Å². The van der Waals surface area contributed by atoms with E-state index in [1.54, 1.807) is 22.9 Å². The number of nitrogens with one attached hydrogen (secondary N) is 2. The number of amides is 1. The number of hydrogen-bond donors (Lipinski definition) is 2. The first-order valence-corrected chi connectivity index (χ1v) is 8.29. The second kappa shape index (κ2) is 5.36. The van der Waals surface area contributed by atoms with Gasteiger partial charge >= 0.3 is 0 Å². The largest absolute Gasteiger partial charge is 0.321 e. The normalized spacial score (nSPS) is 10.9.